The lowest BCUT2D eigenvalue weighted by Gasteiger charge is -2.20. The van der Waals surface area contributed by atoms with Gasteiger partial charge >= 0.3 is 0 Å². The van der Waals surface area contributed by atoms with Gasteiger partial charge in [0.25, 0.3) is 5.91 Å². The zero-order chi connectivity index (χ0) is 15.0. The maximum atomic E-state index is 11.4. The maximum Gasteiger partial charge on any atom is 0.262 e. The molecule has 1 atom stereocenters. The van der Waals surface area contributed by atoms with Gasteiger partial charge in [-0.3, -0.25) is 4.79 Å². The number of fused-ring (bicyclic) bond motifs is 1. The molecule has 0 saturated heterocycles. The number of carbonyl (C=O) groups excluding carboxylic acids is 1. The minimum absolute atomic E-state index is 0.0369. The molecular formula is C15H10BrCl2NO2. The summed E-state index contributed by atoms with van der Waals surface area (Å²) >= 11 is 16.1. The lowest BCUT2D eigenvalue weighted by Crippen LogP contribution is -2.25. The van der Waals surface area contributed by atoms with Crippen molar-refractivity contribution >= 4 is 50.7 Å². The Hall–Kier alpha value is -1.23. The Morgan fingerprint density at radius 3 is 2.81 bits per heavy atom. The predicted molar refractivity (Wildman–Crippen MR) is 87.4 cm³/mol. The van der Waals surface area contributed by atoms with E-state index in [0.717, 1.165) is 15.6 Å². The topological polar surface area (TPSA) is 38.3 Å². The van der Waals surface area contributed by atoms with E-state index in [1.54, 1.807) is 12.1 Å². The number of amides is 1. The summed E-state index contributed by atoms with van der Waals surface area (Å²) in [6.07, 6.45) is 0. The molecule has 1 N–H and O–H groups in total. The van der Waals surface area contributed by atoms with Crippen LogP contribution in [0.3, 0.4) is 0 Å². The molecule has 0 saturated carbocycles. The molecule has 0 aromatic heterocycles. The molecule has 1 aliphatic heterocycles. The molecule has 1 amide bonds. The molecule has 1 unspecified atom stereocenters. The smallest absolute Gasteiger partial charge is 0.262 e. The number of nitrogens with one attached hydrogen (secondary N) is 1. The van der Waals surface area contributed by atoms with Gasteiger partial charge in [-0.1, -0.05) is 39.7 Å². The normalized spacial score (nSPS) is 14.9. The van der Waals surface area contributed by atoms with Gasteiger partial charge in [0.1, 0.15) is 5.75 Å². The molecule has 2 aromatic rings. The number of benzene rings is 2. The second-order valence-electron chi connectivity index (χ2n) is 4.62. The van der Waals surface area contributed by atoms with Crippen molar-refractivity contribution in [2.75, 3.05) is 11.9 Å². The minimum Gasteiger partial charge on any atom is -0.482 e. The number of alkyl halides is 1. The first-order valence-electron chi connectivity index (χ1n) is 6.20. The molecule has 3 rings (SSSR count). The molecule has 0 radical (unpaired) electrons. The van der Waals surface area contributed by atoms with E-state index in [1.165, 1.54) is 0 Å². The molecule has 3 nitrogen and oxygen atoms in total. The third-order valence-corrected chi connectivity index (χ3v) is 4.47. The second kappa shape index (κ2) is 5.87. The molecule has 1 aliphatic rings. The Bertz CT molecular complexity index is 721. The summed E-state index contributed by atoms with van der Waals surface area (Å²) in [6.45, 7) is 0.0369. The molecule has 6 heteroatoms. The Balaban J connectivity index is 1.96. The summed E-state index contributed by atoms with van der Waals surface area (Å²) < 4.78 is 6.22. The first-order valence-corrected chi connectivity index (χ1v) is 7.81. The highest BCUT2D eigenvalue weighted by Crippen LogP contribution is 2.38. The van der Waals surface area contributed by atoms with Crippen LogP contribution in [0.5, 0.6) is 5.75 Å². The first kappa shape index (κ1) is 14.7. The number of rotatable bonds is 2. The summed E-state index contributed by atoms with van der Waals surface area (Å²) in [5.74, 6) is 0.469. The van der Waals surface area contributed by atoms with E-state index < -0.39 is 5.38 Å². The van der Waals surface area contributed by atoms with Gasteiger partial charge in [0.15, 0.2) is 6.61 Å². The second-order valence-corrected chi connectivity index (χ2v) is 6.38. The van der Waals surface area contributed by atoms with Crippen molar-refractivity contribution in [1.29, 1.82) is 0 Å². The Morgan fingerprint density at radius 1 is 1.24 bits per heavy atom. The van der Waals surface area contributed by atoms with Gasteiger partial charge in [-0.05, 0) is 35.4 Å². The monoisotopic (exact) mass is 385 g/mol. The fraction of sp³-hybridized carbons (Fsp3) is 0.133. The van der Waals surface area contributed by atoms with Crippen LogP contribution >= 0.6 is 39.1 Å². The molecule has 0 fully saturated rings. The van der Waals surface area contributed by atoms with Crippen molar-refractivity contribution in [3.05, 3.63) is 57.0 Å². The predicted octanol–water partition coefficient (Wildman–Crippen LogP) is 4.76. The molecule has 0 aliphatic carbocycles. The van der Waals surface area contributed by atoms with Crippen LogP contribution in [0.1, 0.15) is 16.5 Å². The summed E-state index contributed by atoms with van der Waals surface area (Å²) in [6, 6.07) is 11.0. The van der Waals surface area contributed by atoms with Crippen molar-refractivity contribution in [3.63, 3.8) is 0 Å². The molecule has 108 valence electrons. The lowest BCUT2D eigenvalue weighted by molar-refractivity contribution is -0.118. The standard InChI is InChI=1S/C15H10BrCl2NO2/c16-9-2-3-10(11(17)6-9)15(18)8-1-4-13-12(5-8)19-14(20)7-21-13/h1-6,15H,7H2,(H,19,20). The first-order chi connectivity index (χ1) is 10.0. The number of anilines is 1. The van der Waals surface area contributed by atoms with E-state index in [9.17, 15) is 4.79 Å². The van der Waals surface area contributed by atoms with Crippen LogP contribution in [0.2, 0.25) is 5.02 Å². The minimum atomic E-state index is -0.408. The van der Waals surface area contributed by atoms with Gasteiger partial charge in [-0.15, -0.1) is 11.6 Å². The highest BCUT2D eigenvalue weighted by Gasteiger charge is 2.20. The van der Waals surface area contributed by atoms with Gasteiger partial charge in [-0.2, -0.15) is 0 Å². The van der Waals surface area contributed by atoms with E-state index in [1.807, 2.05) is 24.3 Å². The summed E-state index contributed by atoms with van der Waals surface area (Å²) in [7, 11) is 0. The average Bonchev–Trinajstić information content (AvgIpc) is 2.46. The Labute approximate surface area is 140 Å². The number of halogens is 3. The fourth-order valence-electron chi connectivity index (χ4n) is 2.14. The molecule has 0 spiro atoms. The van der Waals surface area contributed by atoms with Gasteiger partial charge < -0.3 is 10.1 Å². The zero-order valence-corrected chi connectivity index (χ0v) is 13.8. The van der Waals surface area contributed by atoms with Crippen LogP contribution < -0.4 is 10.1 Å². The van der Waals surface area contributed by atoms with E-state index in [-0.39, 0.29) is 12.5 Å². The van der Waals surface area contributed by atoms with E-state index >= 15 is 0 Å². The van der Waals surface area contributed by atoms with Gasteiger partial charge in [0, 0.05) is 9.50 Å². The number of ether oxygens (including phenoxy) is 1. The average molecular weight is 387 g/mol. The summed E-state index contributed by atoms with van der Waals surface area (Å²) in [4.78, 5) is 11.4. The fourth-order valence-corrected chi connectivity index (χ4v) is 3.31. The Kier molecular flexibility index (Phi) is 4.11. The molecule has 2 aromatic carbocycles. The van der Waals surface area contributed by atoms with Crippen LogP contribution in [0.25, 0.3) is 0 Å². The Morgan fingerprint density at radius 2 is 2.05 bits per heavy atom. The molecular weight excluding hydrogens is 377 g/mol. The van der Waals surface area contributed by atoms with Crippen LogP contribution in [0.4, 0.5) is 5.69 Å². The van der Waals surface area contributed by atoms with Crippen molar-refractivity contribution in [3.8, 4) is 5.75 Å². The highest BCUT2D eigenvalue weighted by molar-refractivity contribution is 9.10. The van der Waals surface area contributed by atoms with Crippen LogP contribution in [0, 0.1) is 0 Å². The lowest BCUT2D eigenvalue weighted by atomic mass is 10.0. The quantitative estimate of drug-likeness (QED) is 0.755. The van der Waals surface area contributed by atoms with Crippen LogP contribution in [-0.4, -0.2) is 12.5 Å². The van der Waals surface area contributed by atoms with Crippen molar-refractivity contribution in [2.24, 2.45) is 0 Å². The SMILES string of the molecule is O=C1COc2ccc(C(Cl)c3ccc(Br)cc3Cl)cc2N1. The van der Waals surface area contributed by atoms with E-state index in [4.69, 9.17) is 27.9 Å². The third kappa shape index (κ3) is 3.03. The van der Waals surface area contributed by atoms with E-state index in [0.29, 0.717) is 16.5 Å². The van der Waals surface area contributed by atoms with Crippen molar-refractivity contribution < 1.29 is 9.53 Å². The van der Waals surface area contributed by atoms with E-state index in [2.05, 4.69) is 21.2 Å². The summed E-state index contributed by atoms with van der Waals surface area (Å²) in [5.41, 5.74) is 2.28. The summed E-state index contributed by atoms with van der Waals surface area (Å²) in [5, 5.41) is 2.95. The maximum absolute atomic E-state index is 11.4. The van der Waals surface area contributed by atoms with Crippen molar-refractivity contribution in [2.45, 2.75) is 5.38 Å². The molecule has 1 heterocycles. The van der Waals surface area contributed by atoms with Crippen LogP contribution in [-0.2, 0) is 4.79 Å². The molecule has 21 heavy (non-hydrogen) atoms. The third-order valence-electron chi connectivity index (χ3n) is 3.16. The number of hydrogen-bond acceptors (Lipinski definition) is 2. The number of hydrogen-bond donors (Lipinski definition) is 1. The molecule has 0 bridgehead atoms. The largest absolute Gasteiger partial charge is 0.482 e. The van der Waals surface area contributed by atoms with Crippen LogP contribution in [0.15, 0.2) is 40.9 Å². The van der Waals surface area contributed by atoms with Gasteiger partial charge in [-0.25, -0.2) is 0 Å². The van der Waals surface area contributed by atoms with Crippen molar-refractivity contribution in [1.82, 2.24) is 0 Å². The van der Waals surface area contributed by atoms with Gasteiger partial charge in [0.2, 0.25) is 0 Å². The highest BCUT2D eigenvalue weighted by atomic mass is 79.9. The number of carbonyl (C=O) groups is 1. The zero-order valence-electron chi connectivity index (χ0n) is 10.7. The van der Waals surface area contributed by atoms with Gasteiger partial charge in [0.05, 0.1) is 11.1 Å².